The number of amides is 1. The number of anilines is 1. The van der Waals surface area contributed by atoms with E-state index in [4.69, 9.17) is 10.00 Å². The molecule has 1 aromatic heterocycles. The third kappa shape index (κ3) is 3.88. The number of hydrogen-bond acceptors (Lipinski definition) is 6. The second kappa shape index (κ2) is 8.14. The van der Waals surface area contributed by atoms with E-state index < -0.39 is 18.5 Å². The Labute approximate surface area is 160 Å². The maximum absolute atomic E-state index is 12.5. The monoisotopic (exact) mass is 376 g/mol. The van der Waals surface area contributed by atoms with Crippen molar-refractivity contribution in [3.8, 4) is 6.07 Å². The number of carbonyl (C=O) groups excluding carboxylic acids is 2. The van der Waals surface area contributed by atoms with Crippen molar-refractivity contribution < 1.29 is 14.3 Å². The van der Waals surface area contributed by atoms with E-state index in [9.17, 15) is 14.4 Å². The average molecular weight is 376 g/mol. The molecule has 0 radical (unpaired) electrons. The van der Waals surface area contributed by atoms with E-state index in [1.165, 1.54) is 4.68 Å². The van der Waals surface area contributed by atoms with Crippen molar-refractivity contribution in [1.82, 2.24) is 9.78 Å². The SMILES string of the molecule is CCn1nc(C(=O)OCC(=O)Nc2ccc(C#N)cc2)c2ccccc2c1=O. The van der Waals surface area contributed by atoms with Crippen molar-refractivity contribution in [2.75, 3.05) is 11.9 Å². The van der Waals surface area contributed by atoms with Crippen LogP contribution in [0, 0.1) is 11.3 Å². The lowest BCUT2D eigenvalue weighted by Crippen LogP contribution is -2.27. The first-order valence-electron chi connectivity index (χ1n) is 8.50. The lowest BCUT2D eigenvalue weighted by atomic mass is 10.1. The third-order valence-electron chi connectivity index (χ3n) is 3.99. The Kier molecular flexibility index (Phi) is 5.46. The smallest absolute Gasteiger partial charge is 0.359 e. The first kappa shape index (κ1) is 18.8. The highest BCUT2D eigenvalue weighted by Gasteiger charge is 2.18. The van der Waals surface area contributed by atoms with Crippen LogP contribution in [-0.4, -0.2) is 28.3 Å². The van der Waals surface area contributed by atoms with Crippen molar-refractivity contribution in [2.24, 2.45) is 0 Å². The molecule has 1 heterocycles. The van der Waals surface area contributed by atoms with Gasteiger partial charge in [0.05, 0.1) is 17.0 Å². The van der Waals surface area contributed by atoms with E-state index in [0.29, 0.717) is 28.6 Å². The van der Waals surface area contributed by atoms with Crippen LogP contribution in [0.1, 0.15) is 23.0 Å². The Morgan fingerprint density at radius 1 is 1.14 bits per heavy atom. The fraction of sp³-hybridized carbons (Fsp3) is 0.150. The predicted molar refractivity (Wildman–Crippen MR) is 102 cm³/mol. The summed E-state index contributed by atoms with van der Waals surface area (Å²) in [6, 6.07) is 14.9. The molecule has 3 aromatic rings. The number of nitrogens with one attached hydrogen (secondary N) is 1. The van der Waals surface area contributed by atoms with Gasteiger partial charge in [-0.25, -0.2) is 9.48 Å². The Morgan fingerprint density at radius 3 is 2.46 bits per heavy atom. The zero-order valence-corrected chi connectivity index (χ0v) is 15.0. The zero-order valence-electron chi connectivity index (χ0n) is 15.0. The second-order valence-electron chi connectivity index (χ2n) is 5.83. The molecular weight excluding hydrogens is 360 g/mol. The average Bonchev–Trinajstić information content (AvgIpc) is 2.73. The number of nitriles is 1. The highest BCUT2D eigenvalue weighted by Crippen LogP contribution is 2.14. The van der Waals surface area contributed by atoms with E-state index in [2.05, 4.69) is 10.4 Å². The minimum Gasteiger partial charge on any atom is -0.451 e. The van der Waals surface area contributed by atoms with Crippen molar-refractivity contribution >= 4 is 28.3 Å². The van der Waals surface area contributed by atoms with Gasteiger partial charge in [-0.3, -0.25) is 9.59 Å². The van der Waals surface area contributed by atoms with Crippen molar-refractivity contribution in [3.05, 3.63) is 70.1 Å². The highest BCUT2D eigenvalue weighted by atomic mass is 16.5. The number of hydrogen-bond donors (Lipinski definition) is 1. The van der Waals surface area contributed by atoms with E-state index in [0.717, 1.165) is 0 Å². The van der Waals surface area contributed by atoms with Crippen LogP contribution in [0.2, 0.25) is 0 Å². The number of esters is 1. The van der Waals surface area contributed by atoms with Gasteiger partial charge in [0.15, 0.2) is 12.3 Å². The molecule has 0 saturated heterocycles. The molecule has 0 aliphatic heterocycles. The van der Waals surface area contributed by atoms with Crippen LogP contribution in [0.15, 0.2) is 53.3 Å². The van der Waals surface area contributed by atoms with E-state index >= 15 is 0 Å². The van der Waals surface area contributed by atoms with Crippen molar-refractivity contribution in [1.29, 1.82) is 5.26 Å². The minimum atomic E-state index is -0.798. The molecule has 1 N–H and O–H groups in total. The predicted octanol–water partition coefficient (Wildman–Crippen LogP) is 2.08. The number of ether oxygens (including phenoxy) is 1. The number of nitrogens with zero attached hydrogens (tertiary/aromatic N) is 3. The lowest BCUT2D eigenvalue weighted by molar-refractivity contribution is -0.119. The van der Waals surface area contributed by atoms with Crippen molar-refractivity contribution in [2.45, 2.75) is 13.5 Å². The Morgan fingerprint density at radius 2 is 1.82 bits per heavy atom. The molecule has 140 valence electrons. The molecule has 8 heteroatoms. The third-order valence-corrected chi connectivity index (χ3v) is 3.99. The van der Waals surface area contributed by atoms with Gasteiger partial charge in [-0.1, -0.05) is 18.2 Å². The Bertz CT molecular complexity index is 1140. The first-order valence-corrected chi connectivity index (χ1v) is 8.50. The summed E-state index contributed by atoms with van der Waals surface area (Å²) in [6.45, 7) is 1.52. The summed E-state index contributed by atoms with van der Waals surface area (Å²) in [5.41, 5.74) is 0.619. The number of carbonyl (C=O) groups is 2. The Balaban J connectivity index is 1.74. The topological polar surface area (TPSA) is 114 Å². The maximum Gasteiger partial charge on any atom is 0.359 e. The molecule has 3 rings (SSSR count). The molecule has 0 aliphatic rings. The van der Waals surface area contributed by atoms with Gasteiger partial charge in [0, 0.05) is 17.6 Å². The molecule has 0 unspecified atom stereocenters. The Hall–Kier alpha value is -3.99. The van der Waals surface area contributed by atoms with Crippen LogP contribution in [0.25, 0.3) is 10.8 Å². The molecule has 1 amide bonds. The number of aromatic nitrogens is 2. The van der Waals surface area contributed by atoms with E-state index in [1.807, 2.05) is 6.07 Å². The molecule has 2 aromatic carbocycles. The second-order valence-corrected chi connectivity index (χ2v) is 5.83. The number of rotatable bonds is 5. The molecule has 0 spiro atoms. The number of benzene rings is 2. The standard InChI is InChI=1S/C20H16N4O4/c1-2-24-19(26)16-6-4-3-5-15(16)18(23-24)20(27)28-12-17(25)22-14-9-7-13(11-21)8-10-14/h3-10H,2,12H2,1H3,(H,22,25). The molecule has 0 saturated carbocycles. The van der Waals surface area contributed by atoms with Crippen LogP contribution in [0.4, 0.5) is 5.69 Å². The highest BCUT2D eigenvalue weighted by molar-refractivity contribution is 6.03. The largest absolute Gasteiger partial charge is 0.451 e. The molecular formula is C20H16N4O4. The fourth-order valence-corrected chi connectivity index (χ4v) is 2.62. The van der Waals surface area contributed by atoms with Gasteiger partial charge >= 0.3 is 5.97 Å². The van der Waals surface area contributed by atoms with Gasteiger partial charge in [-0.15, -0.1) is 0 Å². The van der Waals surface area contributed by atoms with Gasteiger partial charge < -0.3 is 10.1 Å². The fourth-order valence-electron chi connectivity index (χ4n) is 2.62. The van der Waals surface area contributed by atoms with Crippen LogP contribution < -0.4 is 10.9 Å². The maximum atomic E-state index is 12.5. The molecule has 0 aliphatic carbocycles. The van der Waals surface area contributed by atoms with Crippen LogP contribution in [-0.2, 0) is 16.1 Å². The van der Waals surface area contributed by atoms with Gasteiger partial charge in [0.2, 0.25) is 0 Å². The normalized spacial score (nSPS) is 10.3. The zero-order chi connectivity index (χ0) is 20.1. The van der Waals surface area contributed by atoms with E-state index in [1.54, 1.807) is 55.5 Å². The summed E-state index contributed by atoms with van der Waals surface area (Å²) >= 11 is 0. The van der Waals surface area contributed by atoms with Crippen LogP contribution in [0.3, 0.4) is 0 Å². The summed E-state index contributed by atoms with van der Waals surface area (Å²) in [6.07, 6.45) is 0. The summed E-state index contributed by atoms with van der Waals surface area (Å²) in [5.74, 6) is -1.33. The molecule has 28 heavy (non-hydrogen) atoms. The van der Waals surface area contributed by atoms with Crippen molar-refractivity contribution in [3.63, 3.8) is 0 Å². The number of aryl methyl sites for hydroxylation is 1. The van der Waals surface area contributed by atoms with Crippen LogP contribution >= 0.6 is 0 Å². The summed E-state index contributed by atoms with van der Waals surface area (Å²) in [7, 11) is 0. The molecule has 0 bridgehead atoms. The van der Waals surface area contributed by atoms with Gasteiger partial charge in [-0.05, 0) is 37.3 Å². The van der Waals surface area contributed by atoms with Gasteiger partial charge in [-0.2, -0.15) is 10.4 Å². The summed E-state index contributed by atoms with van der Waals surface area (Å²) < 4.78 is 6.25. The van der Waals surface area contributed by atoms with Gasteiger partial charge in [0.25, 0.3) is 11.5 Å². The van der Waals surface area contributed by atoms with E-state index in [-0.39, 0.29) is 11.3 Å². The molecule has 8 nitrogen and oxygen atoms in total. The molecule has 0 atom stereocenters. The summed E-state index contributed by atoms with van der Waals surface area (Å²) in [4.78, 5) is 36.8. The number of fused-ring (bicyclic) bond motifs is 1. The minimum absolute atomic E-state index is 0.0248. The summed E-state index contributed by atoms with van der Waals surface area (Å²) in [5, 5.41) is 16.1. The quantitative estimate of drug-likeness (QED) is 0.682. The first-order chi connectivity index (χ1) is 13.5. The lowest BCUT2D eigenvalue weighted by Gasteiger charge is -2.10. The van der Waals surface area contributed by atoms with Crippen LogP contribution in [0.5, 0.6) is 0 Å². The van der Waals surface area contributed by atoms with Gasteiger partial charge in [0.1, 0.15) is 0 Å². The molecule has 0 fully saturated rings.